The maximum Gasteiger partial charge on any atom is -0.0443 e. The molecular formula is C34H70. The predicted molar refractivity (Wildman–Crippen MR) is 159 cm³/mol. The van der Waals surface area contributed by atoms with Gasteiger partial charge in [-0.15, -0.1) is 0 Å². The standard InChI is InChI=1S/C34H70/c1-5-7-9-11-13-14-15-16-17-18-19-20-21-23-25-27-30-34(4)32-28-31-33(3)29-26-24-22-12-10-8-6-2/h33-34H,5-32H2,1-4H3. The number of rotatable bonds is 29. The van der Waals surface area contributed by atoms with E-state index < -0.39 is 0 Å². The Hall–Kier alpha value is 0. The molecule has 0 N–H and O–H groups in total. The van der Waals surface area contributed by atoms with Gasteiger partial charge in [0.05, 0.1) is 0 Å². The summed E-state index contributed by atoms with van der Waals surface area (Å²) in [7, 11) is 0. The average molecular weight is 479 g/mol. The van der Waals surface area contributed by atoms with Crippen molar-refractivity contribution in [3.8, 4) is 0 Å². The molecule has 0 spiro atoms. The molecule has 2 atom stereocenters. The van der Waals surface area contributed by atoms with Gasteiger partial charge in [0.25, 0.3) is 0 Å². The molecule has 0 heterocycles. The van der Waals surface area contributed by atoms with Crippen molar-refractivity contribution >= 4 is 0 Å². The topological polar surface area (TPSA) is 0 Å². The van der Waals surface area contributed by atoms with Crippen LogP contribution in [-0.2, 0) is 0 Å². The largest absolute Gasteiger partial charge is 0.0654 e. The van der Waals surface area contributed by atoms with Gasteiger partial charge in [0.2, 0.25) is 0 Å². The Kier molecular flexibility index (Phi) is 29.2. The van der Waals surface area contributed by atoms with E-state index in [0.29, 0.717) is 0 Å². The fourth-order valence-electron chi connectivity index (χ4n) is 5.59. The smallest absolute Gasteiger partial charge is 0.0443 e. The summed E-state index contributed by atoms with van der Waals surface area (Å²) in [4.78, 5) is 0. The first-order valence-electron chi connectivity index (χ1n) is 16.7. The first-order chi connectivity index (χ1) is 16.7. The zero-order chi connectivity index (χ0) is 25.0. The van der Waals surface area contributed by atoms with Crippen LogP contribution in [-0.4, -0.2) is 0 Å². The molecule has 0 bridgehead atoms. The van der Waals surface area contributed by atoms with Crippen molar-refractivity contribution in [1.82, 2.24) is 0 Å². The van der Waals surface area contributed by atoms with Crippen LogP contribution >= 0.6 is 0 Å². The highest BCUT2D eigenvalue weighted by Gasteiger charge is 2.06. The van der Waals surface area contributed by atoms with Crippen molar-refractivity contribution < 1.29 is 0 Å². The van der Waals surface area contributed by atoms with E-state index in [0.717, 1.165) is 11.8 Å². The van der Waals surface area contributed by atoms with E-state index in [1.54, 1.807) is 0 Å². The molecule has 0 saturated carbocycles. The molecule has 2 unspecified atom stereocenters. The lowest BCUT2D eigenvalue weighted by Crippen LogP contribution is -1.99. The summed E-state index contributed by atoms with van der Waals surface area (Å²) < 4.78 is 0. The molecule has 0 fully saturated rings. The second-order valence-corrected chi connectivity index (χ2v) is 12.1. The lowest BCUT2D eigenvalue weighted by molar-refractivity contribution is 0.390. The molecule has 0 radical (unpaired) electrons. The molecule has 0 aromatic heterocycles. The highest BCUT2D eigenvalue weighted by Crippen LogP contribution is 2.22. The molecule has 0 heteroatoms. The van der Waals surface area contributed by atoms with Crippen LogP contribution in [0.25, 0.3) is 0 Å². The normalized spacial score (nSPS) is 13.4. The van der Waals surface area contributed by atoms with Gasteiger partial charge in [-0.3, -0.25) is 0 Å². The summed E-state index contributed by atoms with van der Waals surface area (Å²) in [6, 6.07) is 0. The van der Waals surface area contributed by atoms with Crippen molar-refractivity contribution in [2.45, 2.75) is 207 Å². The predicted octanol–water partition coefficient (Wildman–Crippen LogP) is 13.2. The Balaban J connectivity index is 3.24. The van der Waals surface area contributed by atoms with Gasteiger partial charge in [-0.1, -0.05) is 207 Å². The van der Waals surface area contributed by atoms with Gasteiger partial charge in [0, 0.05) is 0 Å². The second-order valence-electron chi connectivity index (χ2n) is 12.1. The summed E-state index contributed by atoms with van der Waals surface area (Å²) in [6.45, 7) is 9.62. The van der Waals surface area contributed by atoms with E-state index in [1.165, 1.54) is 180 Å². The van der Waals surface area contributed by atoms with Crippen molar-refractivity contribution in [3.05, 3.63) is 0 Å². The molecule has 0 aromatic carbocycles. The first kappa shape index (κ1) is 34.0. The van der Waals surface area contributed by atoms with Gasteiger partial charge in [-0.05, 0) is 11.8 Å². The molecule has 0 nitrogen and oxygen atoms in total. The number of hydrogen-bond donors (Lipinski definition) is 0. The van der Waals surface area contributed by atoms with Crippen molar-refractivity contribution in [3.63, 3.8) is 0 Å². The molecule has 0 aliphatic carbocycles. The van der Waals surface area contributed by atoms with Gasteiger partial charge in [-0.25, -0.2) is 0 Å². The Labute approximate surface area is 219 Å². The van der Waals surface area contributed by atoms with Gasteiger partial charge < -0.3 is 0 Å². The average Bonchev–Trinajstić information content (AvgIpc) is 2.83. The van der Waals surface area contributed by atoms with Crippen LogP contribution in [0.2, 0.25) is 0 Å². The SMILES string of the molecule is CCCCCCCCCCCCCCCCCCC(C)CCCC(C)CCCCCCCCC. The van der Waals surface area contributed by atoms with Crippen LogP contribution < -0.4 is 0 Å². The lowest BCUT2D eigenvalue weighted by Gasteiger charge is -2.14. The zero-order valence-electron chi connectivity index (χ0n) is 25.0. The molecule has 0 aliphatic rings. The maximum absolute atomic E-state index is 2.51. The third-order valence-electron chi connectivity index (χ3n) is 8.24. The van der Waals surface area contributed by atoms with Gasteiger partial charge in [0.15, 0.2) is 0 Å². The third kappa shape index (κ3) is 28.2. The van der Waals surface area contributed by atoms with Crippen molar-refractivity contribution in [2.75, 3.05) is 0 Å². The maximum atomic E-state index is 2.51. The Morgan fingerprint density at radius 3 is 0.735 bits per heavy atom. The Morgan fingerprint density at radius 2 is 0.471 bits per heavy atom. The minimum atomic E-state index is 0.956. The van der Waals surface area contributed by atoms with Crippen molar-refractivity contribution in [2.24, 2.45) is 11.8 Å². The molecule has 0 aliphatic heterocycles. The monoisotopic (exact) mass is 479 g/mol. The fraction of sp³-hybridized carbons (Fsp3) is 1.00. The van der Waals surface area contributed by atoms with E-state index in [4.69, 9.17) is 0 Å². The summed E-state index contributed by atoms with van der Waals surface area (Å²) >= 11 is 0. The van der Waals surface area contributed by atoms with Gasteiger partial charge in [0.1, 0.15) is 0 Å². The number of hydrogen-bond acceptors (Lipinski definition) is 0. The molecule has 34 heavy (non-hydrogen) atoms. The highest BCUT2D eigenvalue weighted by molar-refractivity contribution is 4.59. The van der Waals surface area contributed by atoms with Gasteiger partial charge in [-0.2, -0.15) is 0 Å². The summed E-state index contributed by atoms with van der Waals surface area (Å²) in [5.74, 6) is 1.91. The van der Waals surface area contributed by atoms with Gasteiger partial charge >= 0.3 is 0 Å². The van der Waals surface area contributed by atoms with Crippen molar-refractivity contribution in [1.29, 1.82) is 0 Å². The lowest BCUT2D eigenvalue weighted by atomic mass is 9.92. The zero-order valence-corrected chi connectivity index (χ0v) is 25.0. The quantitative estimate of drug-likeness (QED) is 0.0937. The fourth-order valence-corrected chi connectivity index (χ4v) is 5.59. The molecule has 0 rings (SSSR count). The summed E-state index contributed by atoms with van der Waals surface area (Å²) in [6.07, 6.45) is 41.1. The van der Waals surface area contributed by atoms with Crippen LogP contribution in [0.4, 0.5) is 0 Å². The first-order valence-corrected chi connectivity index (χ1v) is 16.7. The van der Waals surface area contributed by atoms with Crippen LogP contribution in [0.3, 0.4) is 0 Å². The number of unbranched alkanes of at least 4 members (excludes halogenated alkanes) is 21. The third-order valence-corrected chi connectivity index (χ3v) is 8.24. The van der Waals surface area contributed by atoms with Crippen LogP contribution in [0, 0.1) is 11.8 Å². The highest BCUT2D eigenvalue weighted by atomic mass is 14.1. The Bertz CT molecular complexity index is 346. The van der Waals surface area contributed by atoms with E-state index in [2.05, 4.69) is 27.7 Å². The minimum Gasteiger partial charge on any atom is -0.0654 e. The second kappa shape index (κ2) is 29.2. The molecule has 206 valence electrons. The van der Waals surface area contributed by atoms with Crippen LogP contribution in [0.1, 0.15) is 207 Å². The van der Waals surface area contributed by atoms with E-state index in [1.807, 2.05) is 0 Å². The van der Waals surface area contributed by atoms with Crippen LogP contribution in [0.5, 0.6) is 0 Å². The van der Waals surface area contributed by atoms with E-state index in [-0.39, 0.29) is 0 Å². The summed E-state index contributed by atoms with van der Waals surface area (Å²) in [5.41, 5.74) is 0. The van der Waals surface area contributed by atoms with E-state index in [9.17, 15) is 0 Å². The van der Waals surface area contributed by atoms with Crippen LogP contribution in [0.15, 0.2) is 0 Å². The Morgan fingerprint density at radius 1 is 0.265 bits per heavy atom. The summed E-state index contributed by atoms with van der Waals surface area (Å²) in [5, 5.41) is 0. The minimum absolute atomic E-state index is 0.956. The molecule has 0 saturated heterocycles. The molecule has 0 amide bonds. The molecule has 0 aromatic rings. The van der Waals surface area contributed by atoms with E-state index >= 15 is 0 Å². The molecular weight excluding hydrogens is 408 g/mol.